The number of nitrogens with one attached hydrogen (secondary N) is 1. The van der Waals surface area contributed by atoms with Crippen LogP contribution >= 0.6 is 11.3 Å². The van der Waals surface area contributed by atoms with Crippen molar-refractivity contribution in [3.63, 3.8) is 0 Å². The fourth-order valence-corrected chi connectivity index (χ4v) is 4.93. The summed E-state index contributed by atoms with van der Waals surface area (Å²) in [6, 6.07) is 15.4. The topological polar surface area (TPSA) is 89.0 Å². The van der Waals surface area contributed by atoms with Crippen molar-refractivity contribution >= 4 is 42.6 Å². The summed E-state index contributed by atoms with van der Waals surface area (Å²) >= 11 is 0.670. The molecule has 4 aromatic rings. The van der Waals surface area contributed by atoms with Gasteiger partial charge in [0.05, 0.1) is 21.7 Å². The molecule has 0 saturated carbocycles. The summed E-state index contributed by atoms with van der Waals surface area (Å²) in [5, 5.41) is 2.44. The smallest absolute Gasteiger partial charge is 0.298 e. The SMILES string of the molecule is CS(=O)(=O)Cc1cccc(C(=O)Nc2nc3nc(-c4ccccc4)cc(C(F)(F)F)c3s2)c1. The van der Waals surface area contributed by atoms with Crippen LogP contribution in [0, 0.1) is 0 Å². The maximum absolute atomic E-state index is 13.7. The lowest BCUT2D eigenvalue weighted by Crippen LogP contribution is -2.12. The number of amides is 1. The largest absolute Gasteiger partial charge is 0.417 e. The van der Waals surface area contributed by atoms with Crippen LogP contribution in [-0.4, -0.2) is 30.5 Å². The number of rotatable bonds is 5. The molecule has 4 rings (SSSR count). The van der Waals surface area contributed by atoms with Gasteiger partial charge in [0.15, 0.2) is 20.6 Å². The van der Waals surface area contributed by atoms with Crippen LogP contribution in [0.2, 0.25) is 0 Å². The first-order valence-corrected chi connectivity index (χ1v) is 12.4. The summed E-state index contributed by atoms with van der Waals surface area (Å²) in [7, 11) is -3.30. The number of carbonyl (C=O) groups is 1. The first kappa shape index (κ1) is 22.9. The zero-order valence-electron chi connectivity index (χ0n) is 17.1. The number of thiazole rings is 1. The zero-order valence-corrected chi connectivity index (χ0v) is 18.7. The Morgan fingerprint density at radius 3 is 2.42 bits per heavy atom. The molecule has 1 amide bonds. The molecule has 0 bridgehead atoms. The molecule has 2 aromatic carbocycles. The molecule has 2 aromatic heterocycles. The van der Waals surface area contributed by atoms with Gasteiger partial charge < -0.3 is 0 Å². The lowest BCUT2D eigenvalue weighted by molar-refractivity contribution is -0.136. The molecule has 0 radical (unpaired) electrons. The summed E-state index contributed by atoms with van der Waals surface area (Å²) in [4.78, 5) is 21.0. The number of sulfone groups is 1. The molecule has 33 heavy (non-hydrogen) atoms. The maximum Gasteiger partial charge on any atom is 0.417 e. The van der Waals surface area contributed by atoms with Crippen LogP contribution in [0.4, 0.5) is 18.3 Å². The number of aromatic nitrogens is 2. The Morgan fingerprint density at radius 2 is 1.76 bits per heavy atom. The molecule has 0 spiro atoms. The Bertz CT molecular complexity index is 1450. The van der Waals surface area contributed by atoms with E-state index in [0.29, 0.717) is 22.5 Å². The second-order valence-corrected chi connectivity index (χ2v) is 10.5. The predicted octanol–water partition coefficient (Wildman–Crippen LogP) is 5.17. The molecule has 0 unspecified atom stereocenters. The number of pyridine rings is 1. The van der Waals surface area contributed by atoms with Gasteiger partial charge in [-0.05, 0) is 23.8 Å². The maximum atomic E-state index is 13.7. The van der Waals surface area contributed by atoms with Crippen molar-refractivity contribution in [2.45, 2.75) is 11.9 Å². The number of carbonyl (C=O) groups excluding carboxylic acids is 1. The van der Waals surface area contributed by atoms with Crippen LogP contribution in [0.5, 0.6) is 0 Å². The van der Waals surface area contributed by atoms with E-state index in [-0.39, 0.29) is 32.5 Å². The highest BCUT2D eigenvalue weighted by Crippen LogP contribution is 2.40. The van der Waals surface area contributed by atoms with E-state index in [1.54, 1.807) is 36.4 Å². The summed E-state index contributed by atoms with van der Waals surface area (Å²) in [6.45, 7) is 0. The van der Waals surface area contributed by atoms with Crippen LogP contribution in [0.1, 0.15) is 21.5 Å². The van der Waals surface area contributed by atoms with Gasteiger partial charge in [-0.15, -0.1) is 0 Å². The van der Waals surface area contributed by atoms with Crippen molar-refractivity contribution in [3.05, 3.63) is 77.4 Å². The van der Waals surface area contributed by atoms with Crippen LogP contribution in [-0.2, 0) is 21.8 Å². The fourth-order valence-electron chi connectivity index (χ4n) is 3.21. The lowest BCUT2D eigenvalue weighted by atomic mass is 10.1. The molecule has 11 heteroatoms. The molecule has 1 N–H and O–H groups in total. The van der Waals surface area contributed by atoms with Gasteiger partial charge in [-0.3, -0.25) is 10.1 Å². The molecule has 0 fully saturated rings. The monoisotopic (exact) mass is 491 g/mol. The molecule has 0 aliphatic rings. The molecular formula is C22H16F3N3O3S2. The third-order valence-electron chi connectivity index (χ3n) is 4.57. The van der Waals surface area contributed by atoms with Gasteiger partial charge in [0, 0.05) is 17.4 Å². The minimum atomic E-state index is -4.64. The van der Waals surface area contributed by atoms with Crippen molar-refractivity contribution in [1.82, 2.24) is 9.97 Å². The Labute approximate surface area is 191 Å². The number of nitrogens with zero attached hydrogens (tertiary/aromatic N) is 2. The van der Waals surface area contributed by atoms with E-state index in [9.17, 15) is 26.4 Å². The van der Waals surface area contributed by atoms with Gasteiger partial charge >= 0.3 is 6.18 Å². The van der Waals surface area contributed by atoms with Crippen molar-refractivity contribution in [2.24, 2.45) is 0 Å². The lowest BCUT2D eigenvalue weighted by Gasteiger charge is -2.09. The van der Waals surface area contributed by atoms with Crippen LogP contribution in [0.15, 0.2) is 60.7 Å². The number of alkyl halides is 3. The molecular weight excluding hydrogens is 475 g/mol. The molecule has 0 aliphatic carbocycles. The van der Waals surface area contributed by atoms with Crippen LogP contribution in [0.25, 0.3) is 21.6 Å². The molecule has 0 atom stereocenters. The predicted molar refractivity (Wildman–Crippen MR) is 121 cm³/mol. The minimum Gasteiger partial charge on any atom is -0.298 e. The average molecular weight is 492 g/mol. The van der Waals surface area contributed by atoms with E-state index < -0.39 is 27.5 Å². The first-order chi connectivity index (χ1) is 15.5. The second-order valence-electron chi connectivity index (χ2n) is 7.32. The number of fused-ring (bicyclic) bond motifs is 1. The molecule has 6 nitrogen and oxygen atoms in total. The summed E-state index contributed by atoms with van der Waals surface area (Å²) in [5.41, 5.74) is 0.180. The first-order valence-electron chi connectivity index (χ1n) is 9.52. The van der Waals surface area contributed by atoms with Gasteiger partial charge in [-0.1, -0.05) is 53.8 Å². The summed E-state index contributed by atoms with van der Waals surface area (Å²) in [5.74, 6) is -0.864. The Kier molecular flexibility index (Phi) is 5.93. The number of halogens is 3. The Balaban J connectivity index is 1.70. The number of hydrogen-bond donors (Lipinski definition) is 1. The van der Waals surface area contributed by atoms with E-state index in [1.165, 1.54) is 18.2 Å². The van der Waals surface area contributed by atoms with Crippen molar-refractivity contribution in [1.29, 1.82) is 0 Å². The molecule has 0 saturated heterocycles. The molecule has 170 valence electrons. The Hall–Kier alpha value is -3.31. The van der Waals surface area contributed by atoms with Crippen molar-refractivity contribution in [3.8, 4) is 11.3 Å². The fraction of sp³-hybridized carbons (Fsp3) is 0.136. The minimum absolute atomic E-state index is 0.0493. The van der Waals surface area contributed by atoms with Crippen molar-refractivity contribution in [2.75, 3.05) is 11.6 Å². The third-order valence-corrected chi connectivity index (χ3v) is 6.43. The summed E-state index contributed by atoms with van der Waals surface area (Å²) in [6.07, 6.45) is -3.56. The highest BCUT2D eigenvalue weighted by Gasteiger charge is 2.35. The Morgan fingerprint density at radius 1 is 1.03 bits per heavy atom. The van der Waals surface area contributed by atoms with E-state index in [4.69, 9.17) is 0 Å². The van der Waals surface area contributed by atoms with Crippen LogP contribution in [0.3, 0.4) is 0 Å². The summed E-state index contributed by atoms with van der Waals surface area (Å²) < 4.78 is 64.1. The average Bonchev–Trinajstić information content (AvgIpc) is 3.14. The third kappa shape index (κ3) is 5.37. The highest BCUT2D eigenvalue weighted by molar-refractivity contribution is 7.89. The number of anilines is 1. The van der Waals surface area contributed by atoms with Gasteiger partial charge in [-0.25, -0.2) is 13.4 Å². The highest BCUT2D eigenvalue weighted by atomic mass is 32.2. The van der Waals surface area contributed by atoms with E-state index in [0.717, 1.165) is 12.3 Å². The van der Waals surface area contributed by atoms with E-state index in [2.05, 4.69) is 15.3 Å². The van der Waals surface area contributed by atoms with Gasteiger partial charge in [-0.2, -0.15) is 18.2 Å². The number of benzene rings is 2. The van der Waals surface area contributed by atoms with Crippen molar-refractivity contribution < 1.29 is 26.4 Å². The van der Waals surface area contributed by atoms with Crippen LogP contribution < -0.4 is 5.32 Å². The molecule has 0 aliphatic heterocycles. The van der Waals surface area contributed by atoms with Gasteiger partial charge in [0.1, 0.15) is 0 Å². The normalized spacial score (nSPS) is 12.1. The van der Waals surface area contributed by atoms with E-state index >= 15 is 0 Å². The second kappa shape index (κ2) is 8.56. The zero-order chi connectivity index (χ0) is 23.8. The standard InChI is InChI=1S/C22H16F3N3O3S2/c1-33(30,31)12-13-6-5-9-15(10-13)20(29)28-21-27-19-18(32-21)16(22(23,24)25)11-17(26-19)14-7-3-2-4-8-14/h2-11H,12H2,1H3,(H,26,27,28,29). The van der Waals surface area contributed by atoms with Gasteiger partial charge in [0.25, 0.3) is 5.91 Å². The number of hydrogen-bond acceptors (Lipinski definition) is 6. The molecule has 2 heterocycles. The quantitative estimate of drug-likeness (QED) is 0.416. The van der Waals surface area contributed by atoms with Gasteiger partial charge in [0.2, 0.25) is 0 Å². The van der Waals surface area contributed by atoms with E-state index in [1.807, 2.05) is 0 Å².